The standard InChI is InChI=1S/C20H30O5.C7H9O4P/c1-12-4-7-16-19(2,9-8-17(23)20(16,3)11-21)14(12)6-5-13-15(22)10-25-18(13)24;8-12(9,10)11-6-7-4-2-1-3-5-7/h14,16-17,21-23H,1,4-11H2,2-3H3;1-5H,6H2,(H2,8,9,10)/t14-,16+,17-,19+,20+;/m1./s1. The lowest BCUT2D eigenvalue weighted by Gasteiger charge is -2.60. The highest BCUT2D eigenvalue weighted by Gasteiger charge is 2.57. The van der Waals surface area contributed by atoms with Crippen LogP contribution < -0.4 is 0 Å². The first-order chi connectivity index (χ1) is 17.3. The van der Waals surface area contributed by atoms with E-state index in [1.807, 2.05) is 13.0 Å². The molecule has 0 bridgehead atoms. The number of ether oxygens (including phenoxy) is 1. The number of phosphoric acid groups is 1. The molecule has 4 rings (SSSR count). The van der Waals surface area contributed by atoms with Gasteiger partial charge in [0.2, 0.25) is 0 Å². The molecular formula is C27H39O9P. The van der Waals surface area contributed by atoms with E-state index in [2.05, 4.69) is 18.0 Å². The Morgan fingerprint density at radius 3 is 2.43 bits per heavy atom. The fraction of sp³-hybridized carbons (Fsp3) is 0.593. The molecule has 0 unspecified atom stereocenters. The van der Waals surface area contributed by atoms with E-state index in [1.165, 1.54) is 5.57 Å². The number of esters is 1. The molecule has 0 radical (unpaired) electrons. The van der Waals surface area contributed by atoms with Gasteiger partial charge < -0.3 is 29.8 Å². The SMILES string of the molecule is C=C1CC[C@@H]2[C@](C)(CO)[C@H](O)CC[C@@]2(C)[C@@H]1CCC1=C(O)COC1=O.O=P(O)(O)OCc1ccccc1. The molecule has 1 aromatic rings. The van der Waals surface area contributed by atoms with Gasteiger partial charge in [-0.2, -0.15) is 0 Å². The van der Waals surface area contributed by atoms with Gasteiger partial charge >= 0.3 is 13.8 Å². The van der Waals surface area contributed by atoms with Gasteiger partial charge in [0.05, 0.1) is 24.9 Å². The minimum absolute atomic E-state index is 0.0194. The number of rotatable bonds is 7. The Bertz CT molecular complexity index is 1050. The summed E-state index contributed by atoms with van der Waals surface area (Å²) < 4.78 is 19.4. The number of aliphatic hydroxyl groups excluding tert-OH is 3. The highest BCUT2D eigenvalue weighted by Crippen LogP contribution is 2.61. The minimum Gasteiger partial charge on any atom is -0.508 e. The first-order valence-corrected chi connectivity index (χ1v) is 14.1. The van der Waals surface area contributed by atoms with Crippen molar-refractivity contribution in [2.24, 2.45) is 22.7 Å². The zero-order valence-electron chi connectivity index (χ0n) is 21.5. The Balaban J connectivity index is 0.000000266. The average Bonchev–Trinajstić information content (AvgIpc) is 3.17. The van der Waals surface area contributed by atoms with E-state index in [-0.39, 0.29) is 42.8 Å². The number of allylic oxidation sites excluding steroid dienone is 1. The highest BCUT2D eigenvalue weighted by molar-refractivity contribution is 7.46. The number of benzene rings is 1. The lowest BCUT2D eigenvalue weighted by Crippen LogP contribution is -2.57. The predicted octanol–water partition coefficient (Wildman–Crippen LogP) is 4.17. The summed E-state index contributed by atoms with van der Waals surface area (Å²) in [5.74, 6) is 0.0490. The zero-order valence-corrected chi connectivity index (χ0v) is 22.4. The van der Waals surface area contributed by atoms with E-state index < -0.39 is 25.3 Å². The van der Waals surface area contributed by atoms with Crippen molar-refractivity contribution < 1.29 is 43.7 Å². The van der Waals surface area contributed by atoms with E-state index in [0.29, 0.717) is 18.4 Å². The fourth-order valence-corrected chi connectivity index (χ4v) is 6.74. The Morgan fingerprint density at radius 2 is 1.86 bits per heavy atom. The molecule has 206 valence electrons. The van der Waals surface area contributed by atoms with Crippen LogP contribution in [0.5, 0.6) is 0 Å². The number of carbonyl (C=O) groups is 1. The van der Waals surface area contributed by atoms with Crippen molar-refractivity contribution in [3.05, 3.63) is 59.4 Å². The number of aliphatic hydroxyl groups is 3. The first-order valence-electron chi connectivity index (χ1n) is 12.6. The van der Waals surface area contributed by atoms with E-state index in [9.17, 15) is 24.7 Å². The van der Waals surface area contributed by atoms with Crippen LogP contribution in [0.1, 0.15) is 57.9 Å². The maximum Gasteiger partial charge on any atom is 0.469 e. The van der Waals surface area contributed by atoms with Gasteiger partial charge in [0.15, 0.2) is 0 Å². The topological polar surface area (TPSA) is 154 Å². The minimum atomic E-state index is -4.33. The summed E-state index contributed by atoms with van der Waals surface area (Å²) in [6.45, 7) is 8.42. The maximum atomic E-state index is 11.8. The smallest absolute Gasteiger partial charge is 0.469 e. The Kier molecular flexibility index (Phi) is 9.43. The van der Waals surface area contributed by atoms with Crippen molar-refractivity contribution in [1.29, 1.82) is 0 Å². The van der Waals surface area contributed by atoms with Crippen LogP contribution in [0, 0.1) is 22.7 Å². The summed E-state index contributed by atoms with van der Waals surface area (Å²) in [4.78, 5) is 28.5. The van der Waals surface area contributed by atoms with Gasteiger partial charge in [0, 0.05) is 5.41 Å². The monoisotopic (exact) mass is 538 g/mol. The Labute approximate surface area is 218 Å². The molecule has 1 heterocycles. The van der Waals surface area contributed by atoms with Gasteiger partial charge in [-0.05, 0) is 61.3 Å². The molecule has 5 atom stereocenters. The van der Waals surface area contributed by atoms with Gasteiger partial charge in [0.1, 0.15) is 12.4 Å². The second-order valence-corrected chi connectivity index (χ2v) is 12.1. The second kappa shape index (κ2) is 11.8. The lowest BCUT2D eigenvalue weighted by atomic mass is 9.46. The molecule has 10 heteroatoms. The normalized spacial score (nSPS) is 31.9. The van der Waals surface area contributed by atoms with Crippen molar-refractivity contribution in [2.45, 2.75) is 65.1 Å². The first kappa shape index (κ1) is 29.6. The number of carbonyl (C=O) groups excluding carboxylic acids is 1. The molecule has 0 spiro atoms. The van der Waals surface area contributed by atoms with Crippen molar-refractivity contribution in [3.8, 4) is 0 Å². The van der Waals surface area contributed by atoms with Crippen molar-refractivity contribution in [1.82, 2.24) is 0 Å². The van der Waals surface area contributed by atoms with Crippen LogP contribution in [0.15, 0.2) is 53.8 Å². The molecule has 37 heavy (non-hydrogen) atoms. The molecule has 2 fully saturated rings. The number of hydrogen-bond donors (Lipinski definition) is 5. The quantitative estimate of drug-likeness (QED) is 0.195. The molecule has 2 saturated carbocycles. The van der Waals surface area contributed by atoms with Crippen LogP contribution in [0.4, 0.5) is 0 Å². The Hall–Kier alpha value is -2.00. The molecule has 0 amide bonds. The van der Waals surface area contributed by atoms with Crippen LogP contribution in [-0.4, -0.2) is 50.4 Å². The molecule has 5 N–H and O–H groups in total. The van der Waals surface area contributed by atoms with E-state index in [0.717, 1.165) is 31.2 Å². The van der Waals surface area contributed by atoms with E-state index in [1.54, 1.807) is 24.3 Å². The summed E-state index contributed by atoms with van der Waals surface area (Å²) in [6.07, 6.45) is 4.09. The number of phosphoric ester groups is 1. The maximum absolute atomic E-state index is 11.8. The van der Waals surface area contributed by atoms with Gasteiger partial charge in [-0.15, -0.1) is 0 Å². The molecule has 1 aromatic carbocycles. The van der Waals surface area contributed by atoms with Crippen LogP contribution >= 0.6 is 7.82 Å². The van der Waals surface area contributed by atoms with Crippen LogP contribution in [0.2, 0.25) is 0 Å². The summed E-state index contributed by atoms with van der Waals surface area (Å²) in [5, 5.41) is 30.4. The second-order valence-electron chi connectivity index (χ2n) is 10.8. The third-order valence-electron chi connectivity index (χ3n) is 8.55. The van der Waals surface area contributed by atoms with E-state index in [4.69, 9.17) is 14.5 Å². The van der Waals surface area contributed by atoms with Gasteiger partial charge in [-0.3, -0.25) is 4.52 Å². The highest BCUT2D eigenvalue weighted by atomic mass is 31.2. The third-order valence-corrected chi connectivity index (χ3v) is 9.02. The zero-order chi connectivity index (χ0) is 27.4. The van der Waals surface area contributed by atoms with Gasteiger partial charge in [0.25, 0.3) is 0 Å². The summed E-state index contributed by atoms with van der Waals surface area (Å²) >= 11 is 0. The number of fused-ring (bicyclic) bond motifs is 1. The predicted molar refractivity (Wildman–Crippen MR) is 137 cm³/mol. The summed E-state index contributed by atoms with van der Waals surface area (Å²) in [6, 6.07) is 8.84. The molecule has 1 aliphatic heterocycles. The van der Waals surface area contributed by atoms with E-state index >= 15 is 0 Å². The van der Waals surface area contributed by atoms with Gasteiger partial charge in [-0.1, -0.05) is 56.3 Å². The molecule has 2 aliphatic carbocycles. The third kappa shape index (κ3) is 6.72. The molecule has 9 nitrogen and oxygen atoms in total. The van der Waals surface area contributed by atoms with Crippen LogP contribution in [0.3, 0.4) is 0 Å². The summed E-state index contributed by atoms with van der Waals surface area (Å²) in [7, 11) is -4.33. The van der Waals surface area contributed by atoms with Crippen molar-refractivity contribution in [3.63, 3.8) is 0 Å². The molecule has 3 aliphatic rings. The molecule has 0 aromatic heterocycles. The number of hydrogen-bond acceptors (Lipinski definition) is 7. The average molecular weight is 539 g/mol. The Morgan fingerprint density at radius 1 is 1.19 bits per heavy atom. The van der Waals surface area contributed by atoms with Crippen LogP contribution in [-0.2, 0) is 25.2 Å². The van der Waals surface area contributed by atoms with Crippen molar-refractivity contribution in [2.75, 3.05) is 13.2 Å². The fourth-order valence-electron chi connectivity index (χ4n) is 6.43. The van der Waals surface area contributed by atoms with Crippen LogP contribution in [0.25, 0.3) is 0 Å². The largest absolute Gasteiger partial charge is 0.508 e. The van der Waals surface area contributed by atoms with Gasteiger partial charge in [-0.25, -0.2) is 9.36 Å². The summed E-state index contributed by atoms with van der Waals surface area (Å²) in [5.41, 5.74) is 1.74. The lowest BCUT2D eigenvalue weighted by molar-refractivity contribution is -0.152. The number of cyclic esters (lactones) is 1. The molecule has 0 saturated heterocycles. The molecular weight excluding hydrogens is 499 g/mol. The van der Waals surface area contributed by atoms with Crippen molar-refractivity contribution >= 4 is 13.8 Å².